The van der Waals surface area contributed by atoms with Crippen molar-refractivity contribution in [1.82, 2.24) is 15.4 Å². The van der Waals surface area contributed by atoms with E-state index in [1.807, 2.05) is 17.5 Å². The van der Waals surface area contributed by atoms with Crippen LogP contribution in [0.2, 0.25) is 0 Å². The fraction of sp³-hybridized carbons (Fsp3) is 0. The van der Waals surface area contributed by atoms with Crippen LogP contribution in [0, 0.1) is 0 Å². The molecule has 126 valence electrons. The number of hydrazone groups is 1. The Labute approximate surface area is 154 Å². The average Bonchev–Trinajstić information content (AvgIpc) is 3.12. The fourth-order valence-electron chi connectivity index (χ4n) is 1.98. The molecule has 9 heteroatoms. The lowest BCUT2D eigenvalue weighted by molar-refractivity contribution is 0.0949. The Kier molecular flexibility index (Phi) is 5.05. The van der Waals surface area contributed by atoms with Crippen LogP contribution in [-0.4, -0.2) is 27.2 Å². The number of hydrogen-bond donors (Lipinski definition) is 3. The third-order valence-corrected chi connectivity index (χ3v) is 4.52. The van der Waals surface area contributed by atoms with Gasteiger partial charge in [-0.1, -0.05) is 22.0 Å². The number of thiophene rings is 1. The van der Waals surface area contributed by atoms with Crippen molar-refractivity contribution in [1.29, 1.82) is 0 Å². The second-order valence-corrected chi connectivity index (χ2v) is 6.73. The van der Waals surface area contributed by atoms with E-state index in [-0.39, 0.29) is 11.4 Å². The number of carbonyl (C=O) groups is 1. The van der Waals surface area contributed by atoms with Crippen LogP contribution in [0.25, 0.3) is 10.6 Å². The van der Waals surface area contributed by atoms with Crippen molar-refractivity contribution in [3.8, 4) is 16.3 Å². The molecule has 3 N–H and O–H groups in total. The molecule has 0 spiro atoms. The molecule has 0 unspecified atom stereocenters. The normalized spacial score (nSPS) is 10.9. The van der Waals surface area contributed by atoms with Gasteiger partial charge in [0.2, 0.25) is 0 Å². The van der Waals surface area contributed by atoms with Gasteiger partial charge in [-0.2, -0.15) is 10.1 Å². The monoisotopic (exact) mass is 418 g/mol. The van der Waals surface area contributed by atoms with Crippen molar-refractivity contribution in [3.05, 3.63) is 68.0 Å². The van der Waals surface area contributed by atoms with Crippen molar-refractivity contribution < 1.29 is 9.90 Å². The molecule has 0 aliphatic rings. The first-order chi connectivity index (χ1) is 12.0. The Bertz CT molecular complexity index is 999. The highest BCUT2D eigenvalue weighted by molar-refractivity contribution is 9.10. The van der Waals surface area contributed by atoms with E-state index in [0.29, 0.717) is 11.3 Å². The SMILES string of the molecule is O=C(N/N=C/c1cc(Br)ccc1O)c1cc(-c2cccs2)[nH]c(=O)n1. The van der Waals surface area contributed by atoms with Gasteiger partial charge in [0.25, 0.3) is 5.91 Å². The summed E-state index contributed by atoms with van der Waals surface area (Å²) in [4.78, 5) is 30.9. The largest absolute Gasteiger partial charge is 0.507 e. The molecule has 7 nitrogen and oxygen atoms in total. The Hall–Kier alpha value is -2.78. The number of benzene rings is 1. The number of phenolic OH excluding ortho intramolecular Hbond substituents is 1. The number of phenols is 1. The number of halogens is 1. The zero-order chi connectivity index (χ0) is 17.8. The molecule has 0 radical (unpaired) electrons. The van der Waals surface area contributed by atoms with Gasteiger partial charge in [-0.05, 0) is 35.7 Å². The predicted octanol–water partition coefficient (Wildman–Crippen LogP) is 2.73. The summed E-state index contributed by atoms with van der Waals surface area (Å²) in [7, 11) is 0. The summed E-state index contributed by atoms with van der Waals surface area (Å²) in [5.41, 5.74) is 2.54. The van der Waals surface area contributed by atoms with Gasteiger partial charge in [-0.25, -0.2) is 10.2 Å². The number of H-pyrrole nitrogens is 1. The number of carbonyl (C=O) groups excluding carboxylic acids is 1. The highest BCUT2D eigenvalue weighted by Gasteiger charge is 2.11. The number of nitrogens with zero attached hydrogens (tertiary/aromatic N) is 2. The number of rotatable bonds is 4. The summed E-state index contributed by atoms with van der Waals surface area (Å²) >= 11 is 4.71. The fourth-order valence-corrected chi connectivity index (χ4v) is 3.06. The molecule has 3 rings (SSSR count). The van der Waals surface area contributed by atoms with E-state index in [0.717, 1.165) is 9.35 Å². The maximum absolute atomic E-state index is 12.2. The van der Waals surface area contributed by atoms with E-state index < -0.39 is 11.6 Å². The smallest absolute Gasteiger partial charge is 0.346 e. The zero-order valence-electron chi connectivity index (χ0n) is 12.6. The summed E-state index contributed by atoms with van der Waals surface area (Å²) in [6, 6.07) is 9.97. The number of hydrogen-bond acceptors (Lipinski definition) is 6. The van der Waals surface area contributed by atoms with Crippen LogP contribution >= 0.6 is 27.3 Å². The minimum atomic E-state index is -0.630. The second-order valence-electron chi connectivity index (χ2n) is 4.86. The first-order valence-corrected chi connectivity index (χ1v) is 8.67. The molecule has 0 fully saturated rings. The van der Waals surface area contributed by atoms with E-state index in [2.05, 4.69) is 36.4 Å². The van der Waals surface area contributed by atoms with Crippen LogP contribution in [0.15, 0.2) is 56.1 Å². The van der Waals surface area contributed by atoms with Crippen molar-refractivity contribution in [2.24, 2.45) is 5.10 Å². The molecule has 1 amide bonds. The number of nitrogens with one attached hydrogen (secondary N) is 2. The highest BCUT2D eigenvalue weighted by Crippen LogP contribution is 2.22. The molecule has 0 aliphatic heterocycles. The van der Waals surface area contributed by atoms with Crippen LogP contribution in [0.1, 0.15) is 16.1 Å². The number of amides is 1. The van der Waals surface area contributed by atoms with Gasteiger partial charge in [0.15, 0.2) is 0 Å². The third-order valence-electron chi connectivity index (χ3n) is 3.12. The van der Waals surface area contributed by atoms with E-state index >= 15 is 0 Å². The molecule has 2 aromatic heterocycles. The Morgan fingerprint density at radius 1 is 1.36 bits per heavy atom. The van der Waals surface area contributed by atoms with Crippen molar-refractivity contribution >= 4 is 39.4 Å². The number of aromatic amines is 1. The molecule has 0 saturated heterocycles. The molecule has 1 aromatic carbocycles. The molecule has 0 atom stereocenters. The quantitative estimate of drug-likeness (QED) is 0.447. The van der Waals surface area contributed by atoms with Crippen LogP contribution in [-0.2, 0) is 0 Å². The molecular weight excluding hydrogens is 408 g/mol. The average molecular weight is 419 g/mol. The zero-order valence-corrected chi connectivity index (χ0v) is 15.0. The van der Waals surface area contributed by atoms with Gasteiger partial charge in [0.1, 0.15) is 11.4 Å². The Balaban J connectivity index is 1.78. The molecule has 0 aliphatic carbocycles. The second kappa shape index (κ2) is 7.41. The van der Waals surface area contributed by atoms with Gasteiger partial charge < -0.3 is 10.1 Å². The topological polar surface area (TPSA) is 107 Å². The van der Waals surface area contributed by atoms with Crippen molar-refractivity contribution in [2.45, 2.75) is 0 Å². The summed E-state index contributed by atoms with van der Waals surface area (Å²) in [6.45, 7) is 0. The maximum atomic E-state index is 12.2. The molecule has 25 heavy (non-hydrogen) atoms. The molecule has 2 heterocycles. The van der Waals surface area contributed by atoms with Gasteiger partial charge >= 0.3 is 5.69 Å². The Morgan fingerprint density at radius 3 is 2.96 bits per heavy atom. The van der Waals surface area contributed by atoms with E-state index in [4.69, 9.17) is 0 Å². The van der Waals surface area contributed by atoms with E-state index in [1.54, 1.807) is 12.1 Å². The van der Waals surface area contributed by atoms with E-state index in [1.165, 1.54) is 29.7 Å². The first kappa shape index (κ1) is 17.1. The van der Waals surface area contributed by atoms with Crippen LogP contribution in [0.5, 0.6) is 5.75 Å². The van der Waals surface area contributed by atoms with Gasteiger partial charge in [-0.15, -0.1) is 11.3 Å². The lowest BCUT2D eigenvalue weighted by Crippen LogP contribution is -2.24. The maximum Gasteiger partial charge on any atom is 0.346 e. The van der Waals surface area contributed by atoms with Crippen molar-refractivity contribution in [3.63, 3.8) is 0 Å². The van der Waals surface area contributed by atoms with Gasteiger partial charge in [0, 0.05) is 10.0 Å². The molecule has 0 bridgehead atoms. The van der Waals surface area contributed by atoms with E-state index in [9.17, 15) is 14.7 Å². The summed E-state index contributed by atoms with van der Waals surface area (Å²) < 4.78 is 0.759. The minimum Gasteiger partial charge on any atom is -0.507 e. The lowest BCUT2D eigenvalue weighted by Gasteiger charge is -2.02. The van der Waals surface area contributed by atoms with Crippen LogP contribution in [0.4, 0.5) is 0 Å². The van der Waals surface area contributed by atoms with Crippen molar-refractivity contribution in [2.75, 3.05) is 0 Å². The lowest BCUT2D eigenvalue weighted by atomic mass is 10.2. The number of aromatic hydroxyl groups is 1. The first-order valence-electron chi connectivity index (χ1n) is 7.00. The molecule has 3 aromatic rings. The third kappa shape index (κ3) is 4.20. The summed E-state index contributed by atoms with van der Waals surface area (Å²) in [5, 5.41) is 15.4. The summed E-state index contributed by atoms with van der Waals surface area (Å²) in [6.07, 6.45) is 1.30. The van der Waals surface area contributed by atoms with Gasteiger partial charge in [0.05, 0.1) is 16.8 Å². The predicted molar refractivity (Wildman–Crippen MR) is 99.0 cm³/mol. The van der Waals surface area contributed by atoms with Crippen LogP contribution in [0.3, 0.4) is 0 Å². The van der Waals surface area contributed by atoms with Gasteiger partial charge in [-0.3, -0.25) is 4.79 Å². The Morgan fingerprint density at radius 2 is 2.20 bits per heavy atom. The highest BCUT2D eigenvalue weighted by atomic mass is 79.9. The minimum absolute atomic E-state index is 0.0236. The number of aromatic nitrogens is 2. The standard InChI is InChI=1S/C16H11BrN4O3S/c17-10-3-4-13(22)9(6-10)8-18-21-15(23)12-7-11(19-16(24)20-12)14-2-1-5-25-14/h1-8,22H,(H,21,23)(H,19,20,24)/b18-8+. The molecular formula is C16H11BrN4O3S. The summed E-state index contributed by atoms with van der Waals surface area (Å²) in [5.74, 6) is -0.606. The molecule has 0 saturated carbocycles. The van der Waals surface area contributed by atoms with Crippen LogP contribution < -0.4 is 11.1 Å².